The number of aromatic nitrogens is 2. The SMILES string of the molecule is Cc1nc(-c2ccc(/C=C/CC(=O)O)cc2)no1. The fraction of sp³-hybridized carbons (Fsp3) is 0.154. The standard InChI is InChI=1S/C13H12N2O3/c1-9-14-13(15-18-9)11-7-5-10(6-8-11)3-2-4-12(16)17/h2-3,5-8H,4H2,1H3,(H,16,17)/b3-2+. The van der Waals surface area contributed by atoms with Gasteiger partial charge in [-0.1, -0.05) is 41.6 Å². The fourth-order valence-corrected chi connectivity index (χ4v) is 1.46. The predicted molar refractivity (Wildman–Crippen MR) is 65.8 cm³/mol. The van der Waals surface area contributed by atoms with Gasteiger partial charge in [0.25, 0.3) is 0 Å². The molecule has 18 heavy (non-hydrogen) atoms. The van der Waals surface area contributed by atoms with Gasteiger partial charge in [0.2, 0.25) is 11.7 Å². The van der Waals surface area contributed by atoms with Gasteiger partial charge in [0.1, 0.15) is 0 Å². The molecule has 0 amide bonds. The highest BCUT2D eigenvalue weighted by Crippen LogP contribution is 2.16. The molecule has 5 nitrogen and oxygen atoms in total. The number of carboxylic acid groups (broad SMARTS) is 1. The number of carboxylic acids is 1. The third kappa shape index (κ3) is 3.04. The van der Waals surface area contributed by atoms with E-state index in [9.17, 15) is 4.79 Å². The van der Waals surface area contributed by atoms with E-state index < -0.39 is 5.97 Å². The van der Waals surface area contributed by atoms with E-state index in [1.54, 1.807) is 19.1 Å². The molecule has 0 bridgehead atoms. The molecule has 0 fully saturated rings. The number of hydrogen-bond acceptors (Lipinski definition) is 4. The number of hydrogen-bond donors (Lipinski definition) is 1. The van der Waals surface area contributed by atoms with Crippen molar-refractivity contribution in [2.24, 2.45) is 0 Å². The third-order valence-electron chi connectivity index (χ3n) is 2.30. The van der Waals surface area contributed by atoms with Crippen LogP contribution in [0.2, 0.25) is 0 Å². The van der Waals surface area contributed by atoms with E-state index in [4.69, 9.17) is 9.63 Å². The minimum Gasteiger partial charge on any atom is -0.481 e. The van der Waals surface area contributed by atoms with Gasteiger partial charge >= 0.3 is 5.97 Å². The Kier molecular flexibility index (Phi) is 3.52. The summed E-state index contributed by atoms with van der Waals surface area (Å²) in [7, 11) is 0. The zero-order chi connectivity index (χ0) is 13.0. The molecule has 0 aliphatic rings. The first kappa shape index (κ1) is 12.0. The van der Waals surface area contributed by atoms with Crippen molar-refractivity contribution in [3.8, 4) is 11.4 Å². The zero-order valence-corrected chi connectivity index (χ0v) is 9.83. The minimum atomic E-state index is -0.842. The Hall–Kier alpha value is -2.43. The van der Waals surface area contributed by atoms with E-state index in [1.807, 2.05) is 24.3 Å². The lowest BCUT2D eigenvalue weighted by Crippen LogP contribution is -1.89. The molecule has 0 saturated carbocycles. The Bertz CT molecular complexity index is 570. The van der Waals surface area contributed by atoms with Crippen LogP contribution in [0, 0.1) is 6.92 Å². The van der Waals surface area contributed by atoms with E-state index >= 15 is 0 Å². The summed E-state index contributed by atoms with van der Waals surface area (Å²) in [6, 6.07) is 7.48. The number of aliphatic carboxylic acids is 1. The van der Waals surface area contributed by atoms with Crippen LogP contribution in [0.5, 0.6) is 0 Å². The van der Waals surface area contributed by atoms with Gasteiger partial charge < -0.3 is 9.63 Å². The van der Waals surface area contributed by atoms with Gasteiger partial charge in [-0.15, -0.1) is 0 Å². The van der Waals surface area contributed by atoms with Gasteiger partial charge in [-0.25, -0.2) is 0 Å². The first-order chi connectivity index (χ1) is 8.65. The smallest absolute Gasteiger partial charge is 0.307 e. The van der Waals surface area contributed by atoms with Crippen LogP contribution in [0.4, 0.5) is 0 Å². The molecule has 2 aromatic rings. The average Bonchev–Trinajstić information content (AvgIpc) is 2.76. The summed E-state index contributed by atoms with van der Waals surface area (Å²) in [4.78, 5) is 14.5. The van der Waals surface area contributed by atoms with Gasteiger partial charge in [-0.3, -0.25) is 4.79 Å². The minimum absolute atomic E-state index is 0.0196. The Morgan fingerprint density at radius 1 is 1.39 bits per heavy atom. The molecule has 1 N–H and O–H groups in total. The predicted octanol–water partition coefficient (Wildman–Crippen LogP) is 2.53. The van der Waals surface area contributed by atoms with E-state index in [0.717, 1.165) is 11.1 Å². The lowest BCUT2D eigenvalue weighted by atomic mass is 10.1. The maximum atomic E-state index is 10.4. The largest absolute Gasteiger partial charge is 0.481 e. The first-order valence-corrected chi connectivity index (χ1v) is 5.44. The van der Waals surface area contributed by atoms with Crippen molar-refractivity contribution in [2.75, 3.05) is 0 Å². The number of aryl methyl sites for hydroxylation is 1. The van der Waals surface area contributed by atoms with Crippen LogP contribution >= 0.6 is 0 Å². The molecular formula is C13H12N2O3. The highest BCUT2D eigenvalue weighted by molar-refractivity contribution is 5.70. The Morgan fingerprint density at radius 2 is 2.11 bits per heavy atom. The summed E-state index contributed by atoms with van der Waals surface area (Å²) >= 11 is 0. The van der Waals surface area contributed by atoms with Gasteiger partial charge in [-0.05, 0) is 5.56 Å². The molecule has 1 aromatic heterocycles. The van der Waals surface area contributed by atoms with Crippen LogP contribution in [0.1, 0.15) is 17.9 Å². The lowest BCUT2D eigenvalue weighted by Gasteiger charge is -1.96. The van der Waals surface area contributed by atoms with Crippen LogP contribution in [-0.2, 0) is 4.79 Å². The van der Waals surface area contributed by atoms with Crippen molar-refractivity contribution < 1.29 is 14.4 Å². The van der Waals surface area contributed by atoms with E-state index in [-0.39, 0.29) is 6.42 Å². The molecule has 1 aromatic carbocycles. The second kappa shape index (κ2) is 5.27. The molecule has 0 atom stereocenters. The van der Waals surface area contributed by atoms with Gasteiger partial charge in [0, 0.05) is 12.5 Å². The first-order valence-electron chi connectivity index (χ1n) is 5.44. The van der Waals surface area contributed by atoms with Crippen LogP contribution in [0.3, 0.4) is 0 Å². The number of carbonyl (C=O) groups is 1. The lowest BCUT2D eigenvalue weighted by molar-refractivity contribution is -0.135. The van der Waals surface area contributed by atoms with Crippen molar-refractivity contribution in [1.29, 1.82) is 0 Å². The van der Waals surface area contributed by atoms with Crippen LogP contribution in [-0.4, -0.2) is 21.2 Å². The molecule has 1 heterocycles. The molecular weight excluding hydrogens is 232 g/mol. The maximum absolute atomic E-state index is 10.4. The van der Waals surface area contributed by atoms with Crippen molar-refractivity contribution in [1.82, 2.24) is 10.1 Å². The summed E-state index contributed by atoms with van der Waals surface area (Å²) in [5.74, 6) is 0.231. The van der Waals surface area contributed by atoms with Gasteiger partial charge in [0.05, 0.1) is 6.42 Å². The fourth-order valence-electron chi connectivity index (χ4n) is 1.46. The summed E-state index contributed by atoms with van der Waals surface area (Å²) < 4.78 is 4.90. The van der Waals surface area contributed by atoms with Crippen molar-refractivity contribution >= 4 is 12.0 Å². The normalized spacial score (nSPS) is 10.9. The van der Waals surface area contributed by atoms with Crippen LogP contribution in [0.15, 0.2) is 34.9 Å². The maximum Gasteiger partial charge on any atom is 0.307 e. The second-order valence-corrected chi connectivity index (χ2v) is 3.76. The molecule has 5 heteroatoms. The highest BCUT2D eigenvalue weighted by Gasteiger charge is 2.04. The summed E-state index contributed by atoms with van der Waals surface area (Å²) in [5, 5.41) is 12.3. The Morgan fingerprint density at radius 3 is 2.67 bits per heavy atom. The monoisotopic (exact) mass is 244 g/mol. The Balaban J connectivity index is 2.10. The van der Waals surface area contributed by atoms with E-state index in [1.165, 1.54) is 0 Å². The molecule has 92 valence electrons. The average molecular weight is 244 g/mol. The molecule has 0 radical (unpaired) electrons. The molecule has 0 saturated heterocycles. The number of rotatable bonds is 4. The molecule has 0 unspecified atom stereocenters. The summed E-state index contributed by atoms with van der Waals surface area (Å²) in [6.45, 7) is 1.74. The molecule has 2 rings (SSSR count). The zero-order valence-electron chi connectivity index (χ0n) is 9.83. The van der Waals surface area contributed by atoms with Crippen molar-refractivity contribution in [3.63, 3.8) is 0 Å². The number of nitrogens with zero attached hydrogens (tertiary/aromatic N) is 2. The number of benzene rings is 1. The second-order valence-electron chi connectivity index (χ2n) is 3.76. The van der Waals surface area contributed by atoms with Crippen molar-refractivity contribution in [3.05, 3.63) is 41.8 Å². The molecule has 0 aliphatic carbocycles. The quantitative estimate of drug-likeness (QED) is 0.894. The molecule has 0 spiro atoms. The van der Waals surface area contributed by atoms with E-state index in [2.05, 4.69) is 10.1 Å². The van der Waals surface area contributed by atoms with Gasteiger partial charge in [0.15, 0.2) is 0 Å². The topological polar surface area (TPSA) is 76.2 Å². The van der Waals surface area contributed by atoms with Crippen LogP contribution < -0.4 is 0 Å². The van der Waals surface area contributed by atoms with Crippen LogP contribution in [0.25, 0.3) is 17.5 Å². The Labute approximate surface area is 104 Å². The summed E-state index contributed by atoms with van der Waals surface area (Å²) in [6.07, 6.45) is 3.39. The third-order valence-corrected chi connectivity index (χ3v) is 2.30. The van der Waals surface area contributed by atoms with Crippen molar-refractivity contribution in [2.45, 2.75) is 13.3 Å². The summed E-state index contributed by atoms with van der Waals surface area (Å²) in [5.41, 5.74) is 1.79. The highest BCUT2D eigenvalue weighted by atomic mass is 16.5. The molecule has 0 aliphatic heterocycles. The van der Waals surface area contributed by atoms with E-state index in [0.29, 0.717) is 11.7 Å². The van der Waals surface area contributed by atoms with Gasteiger partial charge in [-0.2, -0.15) is 4.98 Å².